The number of aromatic amines is 2. The van der Waals surface area contributed by atoms with Gasteiger partial charge in [0.05, 0.1) is 44.2 Å². The molecule has 0 spiro atoms. The molecule has 0 saturated heterocycles. The smallest absolute Gasteiger partial charge is 0.348 e. The molecule has 26 heteroatoms. The van der Waals surface area contributed by atoms with E-state index in [2.05, 4.69) is 15.3 Å². The zero-order valence-electron chi connectivity index (χ0n) is 26.2. The van der Waals surface area contributed by atoms with Crippen LogP contribution in [0.15, 0.2) is 61.6 Å². The Hall–Kier alpha value is -6.83. The summed E-state index contributed by atoms with van der Waals surface area (Å²) in [4.78, 5) is 76.5. The summed E-state index contributed by atoms with van der Waals surface area (Å²) in [6, 6.07) is 8.60. The maximum Gasteiger partial charge on any atom is 0.348 e. The van der Waals surface area contributed by atoms with Crippen LogP contribution in [-0.4, -0.2) is 65.3 Å². The third kappa shape index (κ3) is 7.81. The van der Waals surface area contributed by atoms with Gasteiger partial charge < -0.3 is 24.8 Å². The number of hydrogen-bond donors (Lipinski definition) is 5. The number of nitrogens with zero attached hydrogens (tertiary/aromatic N) is 4. The normalized spacial score (nSPS) is 12.2. The highest BCUT2D eigenvalue weighted by Gasteiger charge is 2.21. The standard InChI is InChI=1S/C17H15N5O8S.C9H7FN4O6S/c1-31(27,28)20-21-16(23)10-5-12(13(22(25)26)6-11(10)19-17(21)24)18-7-9-2-3-14-15(4-9)30-8-29-14;1-21(19,20)12-13-8(15)4-2-5(10)7(14(17)18)3-6(4)11-9(13)16/h2-6,18,20H,7-8H2,1H3,(H,19,24);2-3,12H,1H3,(H,11,16). The predicted octanol–water partition coefficient (Wildman–Crippen LogP) is -0.318. The molecule has 23 nitrogen and oxygen atoms in total. The molecule has 1 aliphatic rings. The molecule has 0 bridgehead atoms. The monoisotopic (exact) mass is 767 g/mol. The highest BCUT2D eigenvalue weighted by atomic mass is 32.2. The Balaban J connectivity index is 0.000000217. The second-order valence-corrected chi connectivity index (χ2v) is 14.1. The maximum absolute atomic E-state index is 13.5. The molecule has 3 aromatic carbocycles. The highest BCUT2D eigenvalue weighted by Crippen LogP contribution is 2.33. The number of halogens is 1. The molecule has 0 aliphatic carbocycles. The molecule has 5 N–H and O–H groups in total. The van der Waals surface area contributed by atoms with E-state index < -0.39 is 69.3 Å². The summed E-state index contributed by atoms with van der Waals surface area (Å²) >= 11 is 0. The van der Waals surface area contributed by atoms with Crippen LogP contribution >= 0.6 is 0 Å². The quantitative estimate of drug-likeness (QED) is 0.0948. The average molecular weight is 768 g/mol. The molecular weight excluding hydrogens is 745 g/mol. The van der Waals surface area contributed by atoms with Crippen molar-refractivity contribution in [1.82, 2.24) is 19.3 Å². The van der Waals surface area contributed by atoms with Gasteiger partial charge in [-0.05, 0) is 29.8 Å². The summed E-state index contributed by atoms with van der Waals surface area (Å²) in [5.41, 5.74) is -5.35. The number of H-pyrrole nitrogens is 2. The molecular formula is C26H22FN9O14S2. The van der Waals surface area contributed by atoms with E-state index in [4.69, 9.17) is 9.47 Å². The van der Waals surface area contributed by atoms with Gasteiger partial charge >= 0.3 is 17.1 Å². The van der Waals surface area contributed by atoms with Crippen molar-refractivity contribution in [3.8, 4) is 11.5 Å². The SMILES string of the molecule is CS(=O)(=O)Nn1c(=O)[nH]c2cc([N+](=O)[O-])c(F)cc2c1=O.CS(=O)(=O)Nn1c(=O)[nH]c2cc([N+](=O)[O-])c(NCc3ccc4c(c3)OCO4)cc2c1=O. The number of rotatable bonds is 9. The Bertz CT molecular complexity index is 2800. The first-order valence-corrected chi connectivity index (χ1v) is 17.7. The van der Waals surface area contributed by atoms with Crippen molar-refractivity contribution in [2.24, 2.45) is 0 Å². The average Bonchev–Trinajstić information content (AvgIpc) is 3.51. The van der Waals surface area contributed by atoms with E-state index >= 15 is 0 Å². The van der Waals surface area contributed by atoms with Gasteiger partial charge in [0.15, 0.2) is 11.5 Å². The van der Waals surface area contributed by atoms with Gasteiger partial charge in [-0.2, -0.15) is 13.7 Å². The van der Waals surface area contributed by atoms with Gasteiger partial charge in [0.1, 0.15) is 5.69 Å². The van der Waals surface area contributed by atoms with Crippen LogP contribution in [0.1, 0.15) is 5.56 Å². The van der Waals surface area contributed by atoms with E-state index in [1.807, 2.05) is 0 Å². The second-order valence-electron chi connectivity index (χ2n) is 10.7. The zero-order valence-corrected chi connectivity index (χ0v) is 27.8. The maximum atomic E-state index is 13.5. The molecule has 0 radical (unpaired) electrons. The number of sulfonamides is 2. The van der Waals surface area contributed by atoms with E-state index in [1.54, 1.807) is 27.9 Å². The zero-order chi connectivity index (χ0) is 38.3. The Morgan fingerprint density at radius 3 is 1.79 bits per heavy atom. The number of ether oxygens (including phenoxy) is 2. The predicted molar refractivity (Wildman–Crippen MR) is 179 cm³/mol. The van der Waals surface area contributed by atoms with Gasteiger partial charge in [-0.3, -0.25) is 29.8 Å². The lowest BCUT2D eigenvalue weighted by molar-refractivity contribution is -0.387. The Kier molecular flexibility index (Phi) is 9.44. The van der Waals surface area contributed by atoms with Crippen LogP contribution in [0, 0.1) is 26.0 Å². The van der Waals surface area contributed by atoms with Crippen molar-refractivity contribution in [2.75, 3.05) is 34.3 Å². The Labute approximate surface area is 286 Å². The second kappa shape index (κ2) is 13.5. The lowest BCUT2D eigenvalue weighted by atomic mass is 10.1. The van der Waals surface area contributed by atoms with E-state index in [9.17, 15) is 60.6 Å². The minimum Gasteiger partial charge on any atom is -0.454 e. The fourth-order valence-corrected chi connectivity index (χ4v) is 5.65. The molecule has 0 saturated carbocycles. The van der Waals surface area contributed by atoms with Gasteiger partial charge in [0, 0.05) is 18.7 Å². The molecule has 0 fully saturated rings. The van der Waals surface area contributed by atoms with Gasteiger partial charge in [0.2, 0.25) is 32.7 Å². The van der Waals surface area contributed by atoms with Crippen LogP contribution in [0.2, 0.25) is 0 Å². The van der Waals surface area contributed by atoms with Crippen molar-refractivity contribution >= 4 is 58.9 Å². The number of nitro groups is 2. The number of anilines is 1. The van der Waals surface area contributed by atoms with Crippen LogP contribution in [-0.2, 0) is 26.6 Å². The van der Waals surface area contributed by atoms with Crippen molar-refractivity contribution < 1.29 is 40.5 Å². The fraction of sp³-hybridized carbons (Fsp3) is 0.154. The summed E-state index contributed by atoms with van der Waals surface area (Å²) < 4.78 is 69.5. The Morgan fingerprint density at radius 2 is 1.27 bits per heavy atom. The number of aromatic nitrogens is 4. The molecule has 2 aromatic heterocycles. The van der Waals surface area contributed by atoms with Crippen LogP contribution < -0.4 is 47.0 Å². The van der Waals surface area contributed by atoms with E-state index in [0.717, 1.165) is 17.9 Å². The topological polar surface area (TPSA) is 319 Å². The molecule has 0 amide bonds. The van der Waals surface area contributed by atoms with Crippen LogP contribution in [0.4, 0.5) is 21.5 Å². The van der Waals surface area contributed by atoms with E-state index in [-0.39, 0.29) is 50.5 Å². The summed E-state index contributed by atoms with van der Waals surface area (Å²) in [6.07, 6.45) is 1.48. The molecule has 3 heterocycles. The first-order valence-electron chi connectivity index (χ1n) is 13.9. The Morgan fingerprint density at radius 1 is 0.769 bits per heavy atom. The van der Waals surface area contributed by atoms with Gasteiger partial charge in [0.25, 0.3) is 16.8 Å². The first kappa shape index (κ1) is 36.5. The lowest BCUT2D eigenvalue weighted by Gasteiger charge is -2.11. The van der Waals surface area contributed by atoms with E-state index in [1.165, 1.54) is 6.07 Å². The molecule has 5 aromatic rings. The van der Waals surface area contributed by atoms with Gasteiger partial charge in [-0.25, -0.2) is 36.1 Å². The largest absolute Gasteiger partial charge is 0.454 e. The number of benzene rings is 3. The summed E-state index contributed by atoms with van der Waals surface area (Å²) in [5.74, 6) is -0.162. The lowest BCUT2D eigenvalue weighted by Crippen LogP contribution is -2.43. The van der Waals surface area contributed by atoms with Crippen LogP contribution in [0.25, 0.3) is 21.8 Å². The molecule has 0 unspecified atom stereocenters. The molecule has 274 valence electrons. The third-order valence-corrected chi connectivity index (χ3v) is 7.84. The number of nitro benzene ring substituents is 2. The van der Waals surface area contributed by atoms with Crippen molar-refractivity contribution in [3.63, 3.8) is 0 Å². The number of nitrogens with one attached hydrogen (secondary N) is 5. The van der Waals surface area contributed by atoms with E-state index in [0.29, 0.717) is 29.9 Å². The molecule has 0 atom stereocenters. The molecule has 1 aliphatic heterocycles. The van der Waals surface area contributed by atoms with Gasteiger partial charge in [-0.15, -0.1) is 0 Å². The molecule has 6 rings (SSSR count). The van der Waals surface area contributed by atoms with Crippen molar-refractivity contribution in [1.29, 1.82) is 0 Å². The summed E-state index contributed by atoms with van der Waals surface area (Å²) in [6.45, 7) is 0.260. The fourth-order valence-electron chi connectivity index (χ4n) is 4.66. The summed E-state index contributed by atoms with van der Waals surface area (Å²) in [7, 11) is -7.86. The van der Waals surface area contributed by atoms with Crippen molar-refractivity contribution in [2.45, 2.75) is 6.54 Å². The van der Waals surface area contributed by atoms with Crippen LogP contribution in [0.3, 0.4) is 0 Å². The number of hydrogen-bond acceptors (Lipinski definition) is 15. The molecule has 52 heavy (non-hydrogen) atoms. The minimum atomic E-state index is -3.93. The first-order chi connectivity index (χ1) is 24.2. The van der Waals surface area contributed by atoms with Crippen molar-refractivity contribution in [3.05, 3.63) is 116 Å². The van der Waals surface area contributed by atoms with Gasteiger partial charge in [-0.1, -0.05) is 6.07 Å². The highest BCUT2D eigenvalue weighted by molar-refractivity contribution is 7.91. The third-order valence-electron chi connectivity index (χ3n) is 6.81. The van der Waals surface area contributed by atoms with Crippen LogP contribution in [0.5, 0.6) is 11.5 Å². The minimum absolute atomic E-state index is 0.00483. The number of fused-ring (bicyclic) bond motifs is 3. The summed E-state index contributed by atoms with van der Waals surface area (Å²) in [5, 5.41) is 24.4.